The van der Waals surface area contributed by atoms with Gasteiger partial charge in [-0.1, -0.05) is 18.2 Å². The van der Waals surface area contributed by atoms with Gasteiger partial charge in [-0.2, -0.15) is 0 Å². The Balaban J connectivity index is 2.15. The van der Waals surface area contributed by atoms with E-state index in [1.165, 1.54) is 16.0 Å². The van der Waals surface area contributed by atoms with Crippen molar-refractivity contribution in [3.63, 3.8) is 0 Å². The summed E-state index contributed by atoms with van der Waals surface area (Å²) in [4.78, 5) is 6.95. The molecule has 0 spiro atoms. The number of aliphatic hydroxyl groups excluding tert-OH is 1. The Morgan fingerprint density at radius 2 is 2.00 bits per heavy atom. The van der Waals surface area contributed by atoms with Gasteiger partial charge in [0.1, 0.15) is 0 Å². The van der Waals surface area contributed by atoms with Crippen LogP contribution in [-0.2, 0) is 6.54 Å². The molecule has 3 rings (SSSR count). The SMILES string of the molecule is Cc1cccc(N=c2scc(-c3cccs3)n2CCO)c1C. The molecule has 3 nitrogen and oxygen atoms in total. The third-order valence-corrected chi connectivity index (χ3v) is 5.44. The van der Waals surface area contributed by atoms with E-state index >= 15 is 0 Å². The molecule has 0 aliphatic heterocycles. The number of hydrogen-bond acceptors (Lipinski definition) is 4. The van der Waals surface area contributed by atoms with Crippen LogP contribution < -0.4 is 4.80 Å². The largest absolute Gasteiger partial charge is 0.395 e. The quantitative estimate of drug-likeness (QED) is 0.768. The highest BCUT2D eigenvalue weighted by atomic mass is 32.1. The van der Waals surface area contributed by atoms with E-state index in [0.717, 1.165) is 16.2 Å². The van der Waals surface area contributed by atoms with Gasteiger partial charge in [0.2, 0.25) is 0 Å². The Kier molecular flexibility index (Phi) is 4.57. The fraction of sp³-hybridized carbons (Fsp3) is 0.235. The number of nitrogens with zero attached hydrogens (tertiary/aromatic N) is 2. The second kappa shape index (κ2) is 6.60. The van der Waals surface area contributed by atoms with E-state index in [1.807, 2.05) is 18.2 Å². The van der Waals surface area contributed by atoms with Crippen LogP contribution in [0.1, 0.15) is 11.1 Å². The Bertz CT molecular complexity index is 829. The Hall–Kier alpha value is -1.69. The first-order valence-electron chi connectivity index (χ1n) is 7.14. The van der Waals surface area contributed by atoms with Crippen molar-refractivity contribution < 1.29 is 5.11 Å². The molecule has 0 amide bonds. The van der Waals surface area contributed by atoms with E-state index in [-0.39, 0.29) is 6.61 Å². The molecule has 0 radical (unpaired) electrons. The average Bonchev–Trinajstić information content (AvgIpc) is 3.15. The van der Waals surface area contributed by atoms with Gasteiger partial charge in [0.05, 0.1) is 22.9 Å². The van der Waals surface area contributed by atoms with Crippen molar-refractivity contribution in [2.75, 3.05) is 6.61 Å². The Morgan fingerprint density at radius 3 is 2.73 bits per heavy atom. The van der Waals surface area contributed by atoms with Gasteiger partial charge in [0.25, 0.3) is 0 Å². The van der Waals surface area contributed by atoms with E-state index in [9.17, 15) is 5.11 Å². The van der Waals surface area contributed by atoms with E-state index in [4.69, 9.17) is 4.99 Å². The summed E-state index contributed by atoms with van der Waals surface area (Å²) in [6, 6.07) is 10.3. The van der Waals surface area contributed by atoms with Gasteiger partial charge in [-0.05, 0) is 42.5 Å². The highest BCUT2D eigenvalue weighted by Gasteiger charge is 2.09. The van der Waals surface area contributed by atoms with Crippen LogP contribution in [0.3, 0.4) is 0 Å². The summed E-state index contributed by atoms with van der Waals surface area (Å²) in [6.45, 7) is 4.86. The lowest BCUT2D eigenvalue weighted by Crippen LogP contribution is -2.17. The lowest BCUT2D eigenvalue weighted by molar-refractivity contribution is 0.275. The third kappa shape index (κ3) is 2.92. The van der Waals surface area contributed by atoms with Crippen LogP contribution >= 0.6 is 22.7 Å². The van der Waals surface area contributed by atoms with Crippen molar-refractivity contribution in [3.05, 3.63) is 57.0 Å². The molecular weight excluding hydrogens is 312 g/mol. The van der Waals surface area contributed by atoms with Crippen LogP contribution in [0.2, 0.25) is 0 Å². The minimum absolute atomic E-state index is 0.106. The minimum atomic E-state index is 0.106. The van der Waals surface area contributed by atoms with Crippen LogP contribution in [0.4, 0.5) is 5.69 Å². The van der Waals surface area contributed by atoms with Gasteiger partial charge >= 0.3 is 0 Å². The highest BCUT2D eigenvalue weighted by molar-refractivity contribution is 7.14. The van der Waals surface area contributed by atoms with Crippen LogP contribution in [0.5, 0.6) is 0 Å². The average molecular weight is 330 g/mol. The fourth-order valence-electron chi connectivity index (χ4n) is 2.32. The smallest absolute Gasteiger partial charge is 0.190 e. The van der Waals surface area contributed by atoms with Crippen molar-refractivity contribution in [2.45, 2.75) is 20.4 Å². The number of aryl methyl sites for hydroxylation is 1. The maximum Gasteiger partial charge on any atom is 0.190 e. The number of hydrogen-bond donors (Lipinski definition) is 1. The first-order valence-corrected chi connectivity index (χ1v) is 8.90. The molecule has 0 atom stereocenters. The molecule has 22 heavy (non-hydrogen) atoms. The maximum atomic E-state index is 9.39. The predicted molar refractivity (Wildman–Crippen MR) is 93.8 cm³/mol. The van der Waals surface area contributed by atoms with Gasteiger partial charge in [-0.15, -0.1) is 22.7 Å². The molecule has 0 saturated heterocycles. The second-order valence-electron chi connectivity index (χ2n) is 5.09. The summed E-state index contributed by atoms with van der Waals surface area (Å²) in [5.41, 5.74) is 4.55. The second-order valence-corrected chi connectivity index (χ2v) is 6.87. The summed E-state index contributed by atoms with van der Waals surface area (Å²) in [5, 5.41) is 13.6. The molecule has 0 unspecified atom stereocenters. The normalized spacial score (nSPS) is 12.0. The van der Waals surface area contributed by atoms with Crippen molar-refractivity contribution in [1.29, 1.82) is 0 Å². The van der Waals surface area contributed by atoms with E-state index in [0.29, 0.717) is 6.54 Å². The van der Waals surface area contributed by atoms with Gasteiger partial charge in [0, 0.05) is 11.9 Å². The summed E-state index contributed by atoms with van der Waals surface area (Å²) in [6.07, 6.45) is 0. The number of aromatic nitrogens is 1. The van der Waals surface area contributed by atoms with E-state index in [2.05, 4.69) is 41.3 Å². The van der Waals surface area contributed by atoms with E-state index in [1.54, 1.807) is 22.7 Å². The molecule has 2 heterocycles. The molecule has 114 valence electrons. The third-order valence-electron chi connectivity index (χ3n) is 3.69. The van der Waals surface area contributed by atoms with Crippen molar-refractivity contribution in [1.82, 2.24) is 4.57 Å². The molecule has 1 N–H and O–H groups in total. The van der Waals surface area contributed by atoms with Crippen LogP contribution in [0.25, 0.3) is 10.6 Å². The topological polar surface area (TPSA) is 37.5 Å². The minimum Gasteiger partial charge on any atom is -0.395 e. The number of thiophene rings is 1. The zero-order chi connectivity index (χ0) is 15.5. The zero-order valence-corrected chi connectivity index (χ0v) is 14.2. The number of benzene rings is 1. The molecule has 1 aromatic carbocycles. The van der Waals surface area contributed by atoms with Crippen molar-refractivity contribution in [3.8, 4) is 10.6 Å². The first-order chi connectivity index (χ1) is 10.7. The summed E-state index contributed by atoms with van der Waals surface area (Å²) in [7, 11) is 0. The van der Waals surface area contributed by atoms with Crippen LogP contribution in [0.15, 0.2) is 46.1 Å². The monoisotopic (exact) mass is 330 g/mol. The summed E-state index contributed by atoms with van der Waals surface area (Å²) < 4.78 is 2.10. The van der Waals surface area contributed by atoms with Gasteiger partial charge in [-0.25, -0.2) is 4.99 Å². The van der Waals surface area contributed by atoms with Crippen LogP contribution in [-0.4, -0.2) is 16.3 Å². The van der Waals surface area contributed by atoms with Gasteiger partial charge in [-0.3, -0.25) is 0 Å². The van der Waals surface area contributed by atoms with E-state index < -0.39 is 0 Å². The number of thiazole rings is 1. The Morgan fingerprint density at radius 1 is 1.14 bits per heavy atom. The van der Waals surface area contributed by atoms with Gasteiger partial charge < -0.3 is 9.67 Å². The van der Waals surface area contributed by atoms with Gasteiger partial charge in [0.15, 0.2) is 4.80 Å². The zero-order valence-electron chi connectivity index (χ0n) is 12.6. The predicted octanol–water partition coefficient (Wildman–Crippen LogP) is 4.12. The number of aliphatic hydroxyl groups is 1. The molecule has 0 aliphatic carbocycles. The molecule has 0 saturated carbocycles. The molecular formula is C17H18N2OS2. The standard InChI is InChI=1S/C17H18N2OS2/c1-12-5-3-6-14(13(12)2)18-17-19(8-9-20)15(11-22-17)16-7-4-10-21-16/h3-7,10-11,20H,8-9H2,1-2H3. The fourth-order valence-corrected chi connectivity index (χ4v) is 4.08. The molecule has 2 aromatic heterocycles. The maximum absolute atomic E-state index is 9.39. The molecule has 5 heteroatoms. The lowest BCUT2D eigenvalue weighted by Gasteiger charge is -2.06. The van der Waals surface area contributed by atoms with Crippen molar-refractivity contribution >= 4 is 28.4 Å². The first kappa shape index (κ1) is 15.2. The lowest BCUT2D eigenvalue weighted by atomic mass is 10.1. The molecule has 0 fully saturated rings. The number of rotatable bonds is 4. The molecule has 0 aliphatic rings. The molecule has 3 aromatic rings. The van der Waals surface area contributed by atoms with Crippen LogP contribution in [0, 0.1) is 13.8 Å². The summed E-state index contributed by atoms with van der Waals surface area (Å²) in [5.74, 6) is 0. The highest BCUT2D eigenvalue weighted by Crippen LogP contribution is 2.26. The molecule has 0 bridgehead atoms. The van der Waals surface area contributed by atoms with Crippen molar-refractivity contribution in [2.24, 2.45) is 4.99 Å². The summed E-state index contributed by atoms with van der Waals surface area (Å²) >= 11 is 3.32. The Labute approximate surface area is 137 Å².